The van der Waals surface area contributed by atoms with Crippen LogP contribution in [0.15, 0.2) is 29.3 Å². The molecule has 1 rings (SSSR count). The molecule has 0 saturated heterocycles. The number of rotatable bonds is 8. The molecule has 0 aliphatic rings. The molecule has 0 atom stereocenters. The van der Waals surface area contributed by atoms with Crippen LogP contribution in [0.25, 0.3) is 0 Å². The molecule has 22 heavy (non-hydrogen) atoms. The van der Waals surface area contributed by atoms with Crippen LogP contribution in [-0.4, -0.2) is 52.5 Å². The number of benzene rings is 1. The van der Waals surface area contributed by atoms with Crippen LogP contribution in [0.2, 0.25) is 0 Å². The lowest BCUT2D eigenvalue weighted by molar-refractivity contribution is 0.0953. The van der Waals surface area contributed by atoms with Crippen LogP contribution in [0.1, 0.15) is 22.3 Å². The second kappa shape index (κ2) is 10.8. The molecule has 6 heteroatoms. The number of methoxy groups -OCH3 is 2. The number of aliphatic imine (C=N–C) groups is 1. The summed E-state index contributed by atoms with van der Waals surface area (Å²) in [6.45, 7) is 3.82. The third kappa shape index (κ3) is 7.19. The van der Waals surface area contributed by atoms with E-state index in [1.165, 1.54) is 0 Å². The van der Waals surface area contributed by atoms with Crippen molar-refractivity contribution in [1.29, 1.82) is 0 Å². The lowest BCUT2D eigenvalue weighted by atomic mass is 10.1. The summed E-state index contributed by atoms with van der Waals surface area (Å²) in [6, 6.07) is 7.55. The standard InChI is InChI=1S/C16H24N2O4/c1-13-6-4-7-14(12-13)15(19)18-16(22-11-10-21-3)17-8-5-9-20-2/h4,6-7,12H,5,8-11H2,1-3H3,(H,17,18,19). The SMILES string of the molecule is COCCCN=C(NC(=O)c1cccc(C)c1)OCCOC. The Morgan fingerprint density at radius 1 is 1.18 bits per heavy atom. The molecule has 0 radical (unpaired) electrons. The Morgan fingerprint density at radius 2 is 1.95 bits per heavy atom. The lowest BCUT2D eigenvalue weighted by Crippen LogP contribution is -2.33. The molecule has 0 saturated carbocycles. The Kier molecular flexibility index (Phi) is 8.86. The van der Waals surface area contributed by atoms with E-state index in [2.05, 4.69) is 10.3 Å². The van der Waals surface area contributed by atoms with Crippen molar-refractivity contribution in [3.63, 3.8) is 0 Å². The minimum Gasteiger partial charge on any atom is -0.463 e. The summed E-state index contributed by atoms with van der Waals surface area (Å²) in [5, 5.41) is 2.69. The van der Waals surface area contributed by atoms with E-state index in [1.54, 1.807) is 20.3 Å². The van der Waals surface area contributed by atoms with E-state index < -0.39 is 0 Å². The fourth-order valence-corrected chi connectivity index (χ4v) is 1.69. The van der Waals surface area contributed by atoms with E-state index in [4.69, 9.17) is 14.2 Å². The molecule has 0 fully saturated rings. The summed E-state index contributed by atoms with van der Waals surface area (Å²) in [6.07, 6.45) is 0.758. The molecule has 1 aromatic carbocycles. The summed E-state index contributed by atoms with van der Waals surface area (Å²) in [5.74, 6) is -0.244. The highest BCUT2D eigenvalue weighted by Gasteiger charge is 2.10. The number of amides is 1. The van der Waals surface area contributed by atoms with E-state index in [-0.39, 0.29) is 11.9 Å². The minimum atomic E-state index is -0.244. The molecular weight excluding hydrogens is 284 g/mol. The average molecular weight is 308 g/mol. The van der Waals surface area contributed by atoms with Gasteiger partial charge in [0.2, 0.25) is 0 Å². The predicted molar refractivity (Wildman–Crippen MR) is 85.3 cm³/mol. The number of amidine groups is 1. The van der Waals surface area contributed by atoms with Crippen molar-refractivity contribution in [2.24, 2.45) is 4.99 Å². The minimum absolute atomic E-state index is 0.208. The first-order valence-corrected chi connectivity index (χ1v) is 7.20. The maximum atomic E-state index is 12.2. The Hall–Kier alpha value is -1.92. The number of hydrogen-bond acceptors (Lipinski definition) is 5. The predicted octanol–water partition coefficient (Wildman–Crippen LogP) is 1.78. The maximum absolute atomic E-state index is 12.2. The quantitative estimate of drug-likeness (QED) is 0.451. The van der Waals surface area contributed by atoms with Crippen LogP contribution in [0.3, 0.4) is 0 Å². The molecule has 0 aromatic heterocycles. The number of hydrogen-bond donors (Lipinski definition) is 1. The topological polar surface area (TPSA) is 69.2 Å². The summed E-state index contributed by atoms with van der Waals surface area (Å²) in [7, 11) is 3.23. The second-order valence-corrected chi connectivity index (χ2v) is 4.70. The molecule has 0 heterocycles. The summed E-state index contributed by atoms with van der Waals surface area (Å²) in [5.41, 5.74) is 1.59. The molecule has 0 aliphatic carbocycles. The highest BCUT2D eigenvalue weighted by atomic mass is 16.5. The van der Waals surface area contributed by atoms with Crippen molar-refractivity contribution >= 4 is 11.9 Å². The van der Waals surface area contributed by atoms with Gasteiger partial charge in [-0.1, -0.05) is 17.7 Å². The zero-order chi connectivity index (χ0) is 16.2. The highest BCUT2D eigenvalue weighted by Crippen LogP contribution is 2.03. The highest BCUT2D eigenvalue weighted by molar-refractivity contribution is 6.04. The largest absolute Gasteiger partial charge is 0.463 e. The van der Waals surface area contributed by atoms with E-state index in [1.807, 2.05) is 25.1 Å². The summed E-state index contributed by atoms with van der Waals surface area (Å²) in [4.78, 5) is 16.4. The van der Waals surface area contributed by atoms with Crippen molar-refractivity contribution in [3.8, 4) is 0 Å². The van der Waals surface area contributed by atoms with Crippen LogP contribution >= 0.6 is 0 Å². The molecule has 1 N–H and O–H groups in total. The van der Waals surface area contributed by atoms with E-state index in [0.29, 0.717) is 31.9 Å². The van der Waals surface area contributed by atoms with Crippen molar-refractivity contribution in [2.75, 3.05) is 40.6 Å². The lowest BCUT2D eigenvalue weighted by Gasteiger charge is -2.11. The molecule has 0 unspecified atom stereocenters. The van der Waals surface area contributed by atoms with E-state index in [9.17, 15) is 4.79 Å². The van der Waals surface area contributed by atoms with Crippen LogP contribution in [0.4, 0.5) is 0 Å². The van der Waals surface area contributed by atoms with Crippen molar-refractivity contribution < 1.29 is 19.0 Å². The molecule has 0 bridgehead atoms. The normalized spacial score (nSPS) is 11.3. The van der Waals surface area contributed by atoms with Gasteiger partial charge in [0.05, 0.1) is 6.61 Å². The van der Waals surface area contributed by atoms with Crippen LogP contribution in [0.5, 0.6) is 0 Å². The molecule has 122 valence electrons. The van der Waals surface area contributed by atoms with Gasteiger partial charge in [0.25, 0.3) is 11.9 Å². The first-order valence-electron chi connectivity index (χ1n) is 7.20. The van der Waals surface area contributed by atoms with Gasteiger partial charge < -0.3 is 14.2 Å². The fourth-order valence-electron chi connectivity index (χ4n) is 1.69. The Morgan fingerprint density at radius 3 is 2.64 bits per heavy atom. The third-order valence-corrected chi connectivity index (χ3v) is 2.79. The Balaban J connectivity index is 2.63. The molecule has 6 nitrogen and oxygen atoms in total. The van der Waals surface area contributed by atoms with Crippen molar-refractivity contribution in [2.45, 2.75) is 13.3 Å². The summed E-state index contributed by atoms with van der Waals surface area (Å²) < 4.78 is 15.3. The van der Waals surface area contributed by atoms with Gasteiger partial charge in [0, 0.05) is 32.9 Å². The number of carbonyl (C=O) groups excluding carboxylic acids is 1. The number of aryl methyl sites for hydroxylation is 1. The molecular formula is C16H24N2O4. The van der Waals surface area contributed by atoms with E-state index in [0.717, 1.165) is 12.0 Å². The second-order valence-electron chi connectivity index (χ2n) is 4.70. The maximum Gasteiger partial charge on any atom is 0.291 e. The van der Waals surface area contributed by atoms with Crippen molar-refractivity contribution in [3.05, 3.63) is 35.4 Å². The van der Waals surface area contributed by atoms with Gasteiger partial charge in [-0.15, -0.1) is 0 Å². The molecule has 0 aliphatic heterocycles. The van der Waals surface area contributed by atoms with E-state index >= 15 is 0 Å². The summed E-state index contributed by atoms with van der Waals surface area (Å²) >= 11 is 0. The fraction of sp³-hybridized carbons (Fsp3) is 0.500. The molecule has 0 spiro atoms. The first-order chi connectivity index (χ1) is 10.7. The van der Waals surface area contributed by atoms with Gasteiger partial charge in [-0.3, -0.25) is 10.1 Å². The number of carbonyl (C=O) groups is 1. The van der Waals surface area contributed by atoms with Gasteiger partial charge in [-0.05, 0) is 25.5 Å². The van der Waals surface area contributed by atoms with Gasteiger partial charge in [0.15, 0.2) is 0 Å². The van der Waals surface area contributed by atoms with Gasteiger partial charge in [-0.25, -0.2) is 4.99 Å². The number of nitrogens with zero attached hydrogens (tertiary/aromatic N) is 1. The monoisotopic (exact) mass is 308 g/mol. The smallest absolute Gasteiger partial charge is 0.291 e. The molecule has 1 amide bonds. The number of nitrogens with one attached hydrogen (secondary N) is 1. The van der Waals surface area contributed by atoms with Crippen LogP contribution < -0.4 is 5.32 Å². The first kappa shape index (κ1) is 18.1. The van der Waals surface area contributed by atoms with Crippen molar-refractivity contribution in [1.82, 2.24) is 5.32 Å². The van der Waals surface area contributed by atoms with Gasteiger partial charge >= 0.3 is 0 Å². The Labute approximate surface area is 131 Å². The van der Waals surface area contributed by atoms with Gasteiger partial charge in [0.1, 0.15) is 6.61 Å². The zero-order valence-electron chi connectivity index (χ0n) is 13.4. The Bertz CT molecular complexity index is 489. The van der Waals surface area contributed by atoms with Gasteiger partial charge in [-0.2, -0.15) is 0 Å². The number of ether oxygens (including phenoxy) is 3. The third-order valence-electron chi connectivity index (χ3n) is 2.79. The van der Waals surface area contributed by atoms with Crippen LogP contribution in [-0.2, 0) is 14.2 Å². The van der Waals surface area contributed by atoms with Crippen LogP contribution in [0, 0.1) is 6.92 Å². The zero-order valence-corrected chi connectivity index (χ0v) is 13.4. The average Bonchev–Trinajstić information content (AvgIpc) is 2.51. The molecule has 1 aromatic rings.